The molecule has 15 heavy (non-hydrogen) atoms. The lowest BCUT2D eigenvalue weighted by atomic mass is 10.3. The molecule has 2 rings (SSSR count). The normalized spacial score (nSPS) is 20.3. The summed E-state index contributed by atoms with van der Waals surface area (Å²) in [6.07, 6.45) is 4.12. The van der Waals surface area contributed by atoms with Crippen LogP contribution in [0.25, 0.3) is 0 Å². The van der Waals surface area contributed by atoms with Crippen LogP contribution in [0.4, 0.5) is 11.6 Å². The van der Waals surface area contributed by atoms with Crippen LogP contribution in [-0.2, 0) is 4.79 Å². The van der Waals surface area contributed by atoms with Crippen molar-refractivity contribution in [2.24, 2.45) is 0 Å². The zero-order chi connectivity index (χ0) is 10.7. The predicted molar refractivity (Wildman–Crippen MR) is 54.6 cm³/mol. The average molecular weight is 208 g/mol. The number of aliphatic hydroxyl groups is 1. The maximum Gasteiger partial charge on any atom is 0.225 e. The molecule has 6 heteroatoms. The smallest absolute Gasteiger partial charge is 0.225 e. The minimum atomic E-state index is -0.290. The Morgan fingerprint density at radius 1 is 1.53 bits per heavy atom. The van der Waals surface area contributed by atoms with E-state index in [0.717, 1.165) is 13.0 Å². The molecule has 1 saturated heterocycles. The molecule has 1 aliphatic heterocycles. The number of carbonyl (C=O) groups excluding carboxylic acids is 1. The minimum absolute atomic E-state index is 0.290. The molecule has 2 N–H and O–H groups in total. The van der Waals surface area contributed by atoms with Crippen molar-refractivity contribution in [2.75, 3.05) is 23.3 Å². The van der Waals surface area contributed by atoms with Gasteiger partial charge in [0.1, 0.15) is 0 Å². The minimum Gasteiger partial charge on any atom is -0.391 e. The number of aliphatic hydroxyl groups excluding tert-OH is 1. The van der Waals surface area contributed by atoms with E-state index in [-0.39, 0.29) is 6.10 Å². The summed E-state index contributed by atoms with van der Waals surface area (Å²) in [6.45, 7) is 1.34. The highest BCUT2D eigenvalue weighted by atomic mass is 16.3. The summed E-state index contributed by atoms with van der Waals surface area (Å²) in [5, 5.41) is 11.8. The molecule has 1 aromatic heterocycles. The SMILES string of the molecule is O=CNc1cnc(N2CCC(O)C2)nc1. The van der Waals surface area contributed by atoms with Gasteiger partial charge in [0, 0.05) is 13.1 Å². The molecule has 1 amide bonds. The summed E-state index contributed by atoms with van der Waals surface area (Å²) in [6, 6.07) is 0. The van der Waals surface area contributed by atoms with Crippen LogP contribution in [0.2, 0.25) is 0 Å². The number of hydrogen-bond donors (Lipinski definition) is 2. The molecular formula is C9H12N4O2. The second-order valence-electron chi connectivity index (χ2n) is 3.42. The first-order valence-corrected chi connectivity index (χ1v) is 4.75. The van der Waals surface area contributed by atoms with Crippen LogP contribution < -0.4 is 10.2 Å². The summed E-state index contributed by atoms with van der Waals surface area (Å²) in [7, 11) is 0. The Hall–Kier alpha value is -1.69. The zero-order valence-corrected chi connectivity index (χ0v) is 8.13. The fourth-order valence-corrected chi connectivity index (χ4v) is 1.55. The lowest BCUT2D eigenvalue weighted by Gasteiger charge is -2.14. The topological polar surface area (TPSA) is 78.4 Å². The van der Waals surface area contributed by atoms with E-state index in [1.807, 2.05) is 4.90 Å². The van der Waals surface area contributed by atoms with Crippen LogP contribution in [0.15, 0.2) is 12.4 Å². The molecule has 0 aliphatic carbocycles. The number of nitrogens with one attached hydrogen (secondary N) is 1. The number of aromatic nitrogens is 2. The highest BCUT2D eigenvalue weighted by molar-refractivity contribution is 5.70. The Balaban J connectivity index is 2.06. The maximum absolute atomic E-state index is 10.1. The molecular weight excluding hydrogens is 196 g/mol. The summed E-state index contributed by atoms with van der Waals surface area (Å²) < 4.78 is 0. The van der Waals surface area contributed by atoms with E-state index in [0.29, 0.717) is 24.6 Å². The summed E-state index contributed by atoms with van der Waals surface area (Å²) >= 11 is 0. The van der Waals surface area contributed by atoms with Gasteiger partial charge in [-0.15, -0.1) is 0 Å². The molecule has 1 fully saturated rings. The van der Waals surface area contributed by atoms with E-state index in [2.05, 4.69) is 15.3 Å². The number of carbonyl (C=O) groups is 1. The number of rotatable bonds is 3. The predicted octanol–water partition coefficient (Wildman–Crippen LogP) is -0.384. The van der Waals surface area contributed by atoms with Crippen molar-refractivity contribution in [1.82, 2.24) is 9.97 Å². The van der Waals surface area contributed by atoms with Crippen molar-refractivity contribution in [3.05, 3.63) is 12.4 Å². The summed E-state index contributed by atoms with van der Waals surface area (Å²) in [5.41, 5.74) is 0.563. The molecule has 1 atom stereocenters. The van der Waals surface area contributed by atoms with Crippen LogP contribution in [0.1, 0.15) is 6.42 Å². The van der Waals surface area contributed by atoms with Crippen molar-refractivity contribution in [1.29, 1.82) is 0 Å². The lowest BCUT2D eigenvalue weighted by molar-refractivity contribution is -0.105. The Bertz CT molecular complexity index is 340. The van der Waals surface area contributed by atoms with Crippen molar-refractivity contribution in [3.8, 4) is 0 Å². The molecule has 0 aromatic carbocycles. The van der Waals surface area contributed by atoms with Gasteiger partial charge in [0.2, 0.25) is 12.4 Å². The average Bonchev–Trinajstić information content (AvgIpc) is 2.67. The van der Waals surface area contributed by atoms with Crippen molar-refractivity contribution < 1.29 is 9.90 Å². The van der Waals surface area contributed by atoms with E-state index in [1.165, 1.54) is 0 Å². The molecule has 0 saturated carbocycles. The second-order valence-corrected chi connectivity index (χ2v) is 3.42. The Labute approximate surface area is 87.0 Å². The van der Waals surface area contributed by atoms with Gasteiger partial charge in [0.25, 0.3) is 0 Å². The highest BCUT2D eigenvalue weighted by Crippen LogP contribution is 2.16. The van der Waals surface area contributed by atoms with Gasteiger partial charge in [0.05, 0.1) is 24.2 Å². The van der Waals surface area contributed by atoms with E-state index in [4.69, 9.17) is 0 Å². The molecule has 0 bridgehead atoms. The fraction of sp³-hybridized carbons (Fsp3) is 0.444. The zero-order valence-electron chi connectivity index (χ0n) is 8.13. The number of anilines is 2. The van der Waals surface area contributed by atoms with Gasteiger partial charge >= 0.3 is 0 Å². The summed E-state index contributed by atoms with van der Waals surface area (Å²) in [4.78, 5) is 20.3. The number of β-amino-alcohol motifs (C(OH)–C–C–N with tert-alkyl or cyclic N) is 1. The molecule has 80 valence electrons. The van der Waals surface area contributed by atoms with Crippen molar-refractivity contribution in [2.45, 2.75) is 12.5 Å². The molecule has 1 aromatic rings. The number of nitrogens with zero attached hydrogens (tertiary/aromatic N) is 3. The quantitative estimate of drug-likeness (QED) is 0.662. The third-order valence-electron chi connectivity index (χ3n) is 2.31. The standard InChI is InChI=1S/C9H12N4O2/c14-6-12-7-3-10-9(11-4-7)13-2-1-8(15)5-13/h3-4,6,8,15H,1-2,5H2,(H,12,14). The second kappa shape index (κ2) is 4.22. The molecule has 0 spiro atoms. The largest absolute Gasteiger partial charge is 0.391 e. The third kappa shape index (κ3) is 2.21. The van der Waals surface area contributed by atoms with Crippen LogP contribution in [0.5, 0.6) is 0 Å². The van der Waals surface area contributed by atoms with E-state index >= 15 is 0 Å². The molecule has 2 heterocycles. The van der Waals surface area contributed by atoms with Gasteiger partial charge in [0.15, 0.2) is 0 Å². The lowest BCUT2D eigenvalue weighted by Crippen LogP contribution is -2.23. The third-order valence-corrected chi connectivity index (χ3v) is 2.31. The van der Waals surface area contributed by atoms with Crippen LogP contribution in [0.3, 0.4) is 0 Å². The highest BCUT2D eigenvalue weighted by Gasteiger charge is 2.21. The van der Waals surface area contributed by atoms with Gasteiger partial charge in [-0.1, -0.05) is 0 Å². The van der Waals surface area contributed by atoms with Crippen LogP contribution in [-0.4, -0.2) is 40.7 Å². The fourth-order valence-electron chi connectivity index (χ4n) is 1.55. The Kier molecular flexibility index (Phi) is 2.77. The van der Waals surface area contributed by atoms with Gasteiger partial charge in [-0.05, 0) is 6.42 Å². The van der Waals surface area contributed by atoms with E-state index < -0.39 is 0 Å². The Morgan fingerprint density at radius 3 is 2.80 bits per heavy atom. The van der Waals surface area contributed by atoms with Crippen molar-refractivity contribution >= 4 is 18.0 Å². The first kappa shape index (κ1) is 9.85. The van der Waals surface area contributed by atoms with E-state index in [9.17, 15) is 9.90 Å². The first-order chi connectivity index (χ1) is 7.29. The van der Waals surface area contributed by atoms with Gasteiger partial charge < -0.3 is 15.3 Å². The maximum atomic E-state index is 10.1. The number of hydrogen-bond acceptors (Lipinski definition) is 5. The Morgan fingerprint density at radius 2 is 2.27 bits per heavy atom. The summed E-state index contributed by atoms with van der Waals surface area (Å²) in [5.74, 6) is 0.586. The van der Waals surface area contributed by atoms with Crippen molar-refractivity contribution in [3.63, 3.8) is 0 Å². The van der Waals surface area contributed by atoms with Gasteiger partial charge in [-0.25, -0.2) is 9.97 Å². The molecule has 1 unspecified atom stereocenters. The van der Waals surface area contributed by atoms with Gasteiger partial charge in [-0.2, -0.15) is 0 Å². The molecule has 0 radical (unpaired) electrons. The van der Waals surface area contributed by atoms with Gasteiger partial charge in [-0.3, -0.25) is 4.79 Å². The molecule has 1 aliphatic rings. The van der Waals surface area contributed by atoms with E-state index in [1.54, 1.807) is 12.4 Å². The first-order valence-electron chi connectivity index (χ1n) is 4.75. The monoisotopic (exact) mass is 208 g/mol. The van der Waals surface area contributed by atoms with Crippen LogP contribution >= 0.6 is 0 Å². The number of amides is 1. The molecule has 6 nitrogen and oxygen atoms in total. The van der Waals surface area contributed by atoms with Crippen LogP contribution in [0, 0.1) is 0 Å².